The average Bonchev–Trinajstić information content (AvgIpc) is 3.19. The number of hydrogen-bond donors (Lipinski definition) is 2. The molecule has 4 rings (SSSR count). The number of methoxy groups -OCH3 is 6. The van der Waals surface area contributed by atoms with Crippen molar-refractivity contribution in [3.8, 4) is 57.5 Å². The van der Waals surface area contributed by atoms with E-state index in [0.717, 1.165) is 0 Å². The molecule has 16 heteroatoms. The van der Waals surface area contributed by atoms with Crippen LogP contribution < -0.4 is 48.9 Å². The van der Waals surface area contributed by atoms with Gasteiger partial charge in [-0.2, -0.15) is 0 Å². The van der Waals surface area contributed by atoms with E-state index in [9.17, 15) is 19.2 Å². The van der Waals surface area contributed by atoms with Crippen molar-refractivity contribution in [3.63, 3.8) is 0 Å². The molecule has 0 bridgehead atoms. The molecule has 1 amide bonds. The maximum absolute atomic E-state index is 12.1. The van der Waals surface area contributed by atoms with Crippen LogP contribution in [0, 0.1) is 0 Å². The van der Waals surface area contributed by atoms with Crippen LogP contribution in [0.1, 0.15) is 33.6 Å². The van der Waals surface area contributed by atoms with Gasteiger partial charge in [-0.1, -0.05) is 0 Å². The first-order valence-electron chi connectivity index (χ1n) is 17.4. The Hall–Kier alpha value is -6.84. The summed E-state index contributed by atoms with van der Waals surface area (Å²) in [4.78, 5) is 44.3. The van der Waals surface area contributed by atoms with Crippen molar-refractivity contribution in [2.24, 2.45) is 0 Å². The van der Waals surface area contributed by atoms with Crippen LogP contribution in [0.5, 0.6) is 57.5 Å². The molecule has 57 heavy (non-hydrogen) atoms. The summed E-state index contributed by atoms with van der Waals surface area (Å²) in [6.07, 6.45) is -0.504. The van der Waals surface area contributed by atoms with Gasteiger partial charge in [0.2, 0.25) is 5.91 Å². The zero-order valence-corrected chi connectivity index (χ0v) is 33.5. The quantitative estimate of drug-likeness (QED) is 0.0628. The predicted octanol–water partition coefficient (Wildman–Crippen LogP) is 7.01. The molecule has 0 spiro atoms. The number of benzene rings is 4. The van der Waals surface area contributed by atoms with Gasteiger partial charge in [0.05, 0.1) is 67.2 Å². The summed E-state index contributed by atoms with van der Waals surface area (Å²) in [5.74, 6) is 3.52. The third-order valence-corrected chi connectivity index (χ3v) is 7.17. The fourth-order valence-electron chi connectivity index (χ4n) is 4.46. The zero-order chi connectivity index (χ0) is 42.3. The highest BCUT2D eigenvalue weighted by Gasteiger charge is 2.17. The molecule has 0 aliphatic rings. The van der Waals surface area contributed by atoms with Gasteiger partial charge < -0.3 is 58.4 Å². The summed E-state index contributed by atoms with van der Waals surface area (Å²) in [6.45, 7) is 5.28. The largest absolute Gasteiger partial charge is 0.497 e. The second-order valence-electron chi connectivity index (χ2n) is 11.2. The Labute approximate surface area is 331 Å². The summed E-state index contributed by atoms with van der Waals surface area (Å²) in [7, 11) is 9.32. The normalized spacial score (nSPS) is 9.77. The van der Waals surface area contributed by atoms with E-state index < -0.39 is 24.3 Å². The zero-order valence-electron chi connectivity index (χ0n) is 33.5. The van der Waals surface area contributed by atoms with Crippen molar-refractivity contribution < 1.29 is 66.5 Å². The van der Waals surface area contributed by atoms with Crippen LogP contribution >= 0.6 is 0 Å². The van der Waals surface area contributed by atoms with Gasteiger partial charge in [-0.25, -0.2) is 0 Å². The number of Topliss-reactive ketones (excluding diaryl/α,β-unsaturated/α-hetero) is 1. The van der Waals surface area contributed by atoms with Crippen molar-refractivity contribution >= 4 is 35.0 Å². The van der Waals surface area contributed by atoms with Crippen molar-refractivity contribution in [1.29, 1.82) is 0 Å². The molecule has 0 saturated heterocycles. The van der Waals surface area contributed by atoms with Gasteiger partial charge in [-0.05, 0) is 69.3 Å². The van der Waals surface area contributed by atoms with Gasteiger partial charge >= 0.3 is 11.9 Å². The first-order valence-corrected chi connectivity index (χ1v) is 17.4. The lowest BCUT2D eigenvalue weighted by molar-refractivity contribution is -0.146. The van der Waals surface area contributed by atoms with Gasteiger partial charge in [-0.15, -0.1) is 0 Å². The summed E-state index contributed by atoms with van der Waals surface area (Å²) in [5.41, 5.74) is 6.77. The number of amides is 1. The van der Waals surface area contributed by atoms with Crippen molar-refractivity contribution in [2.45, 2.75) is 33.6 Å². The Morgan fingerprint density at radius 2 is 0.947 bits per heavy atom. The molecule has 0 heterocycles. The van der Waals surface area contributed by atoms with Crippen molar-refractivity contribution in [3.05, 3.63) is 72.8 Å². The lowest BCUT2D eigenvalue weighted by Gasteiger charge is -2.16. The molecule has 308 valence electrons. The predicted molar refractivity (Wildman–Crippen MR) is 211 cm³/mol. The Bertz CT molecular complexity index is 1930. The fraction of sp³-hybridized carbons (Fsp3) is 0.317. The Morgan fingerprint density at radius 3 is 1.46 bits per heavy atom. The monoisotopic (exact) mass is 794 g/mol. The fourth-order valence-corrected chi connectivity index (χ4v) is 4.46. The minimum atomic E-state index is -0.606. The van der Waals surface area contributed by atoms with Crippen LogP contribution in [-0.2, 0) is 28.7 Å². The van der Waals surface area contributed by atoms with E-state index in [4.69, 9.17) is 48.4 Å². The number of ether oxygens (including phenoxy) is 10. The van der Waals surface area contributed by atoms with Crippen molar-refractivity contribution in [2.75, 3.05) is 66.9 Å². The summed E-state index contributed by atoms with van der Waals surface area (Å²) < 4.78 is 52.4. The van der Waals surface area contributed by atoms with E-state index in [1.807, 2.05) is 0 Å². The number of nitrogens with one attached hydrogen (secondary N) is 1. The van der Waals surface area contributed by atoms with E-state index in [1.165, 1.54) is 28.3 Å². The van der Waals surface area contributed by atoms with Crippen LogP contribution in [0.2, 0.25) is 0 Å². The van der Waals surface area contributed by atoms with Crippen molar-refractivity contribution in [1.82, 2.24) is 0 Å². The van der Waals surface area contributed by atoms with Gasteiger partial charge in [0.15, 0.2) is 34.5 Å². The third kappa shape index (κ3) is 15.8. The molecule has 3 N–H and O–H groups in total. The van der Waals surface area contributed by atoms with E-state index in [1.54, 1.807) is 108 Å². The van der Waals surface area contributed by atoms with Gasteiger partial charge in [0.25, 0.3) is 0 Å². The number of carbonyl (C=O) groups excluding carboxylic acids is 4. The minimum Gasteiger partial charge on any atom is -0.497 e. The minimum absolute atomic E-state index is 0.103. The second kappa shape index (κ2) is 24.5. The second-order valence-corrected chi connectivity index (χ2v) is 11.2. The molecule has 4 aromatic rings. The highest BCUT2D eigenvalue weighted by atomic mass is 16.5. The molecule has 0 fully saturated rings. The lowest BCUT2D eigenvalue weighted by Crippen LogP contribution is -2.18. The first kappa shape index (κ1) is 46.3. The van der Waals surface area contributed by atoms with E-state index >= 15 is 0 Å². The molecule has 0 saturated carbocycles. The highest BCUT2D eigenvalue weighted by molar-refractivity contribution is 6.02. The first-order chi connectivity index (χ1) is 27.3. The number of rotatable bonds is 17. The number of anilines is 2. The average molecular weight is 795 g/mol. The van der Waals surface area contributed by atoms with Gasteiger partial charge in [-0.3, -0.25) is 19.2 Å². The van der Waals surface area contributed by atoms with Crippen LogP contribution in [0.15, 0.2) is 72.8 Å². The Kier molecular flexibility index (Phi) is 19.9. The number of esters is 2. The Morgan fingerprint density at radius 1 is 0.509 bits per heavy atom. The number of nitrogens with two attached hydrogens (primary N) is 1. The molecular weight excluding hydrogens is 744 g/mol. The summed E-state index contributed by atoms with van der Waals surface area (Å²) >= 11 is 0. The van der Waals surface area contributed by atoms with Gasteiger partial charge in [0.1, 0.15) is 41.6 Å². The standard InChI is InChI=1S/C20H23NO7.C15H17NO4.C6H10O3/c1-5-27-20(23)12-19(22)21-15-8-6-13(24-2)10-17(15)28-18-11-14(25-3)7-9-16(18)26-4;1-17-10-4-6-12(16)14(8-10)20-13-7-5-11(18-2)9-15(13)19-3;1-3-9-6(8)4-5(2)7/h6-11H,5,12H2,1-4H3,(H,21,22);4-9H,16H2,1-3H3;3-4H2,1-2H3. The molecule has 0 aliphatic carbocycles. The number of ketones is 1. The van der Waals surface area contributed by atoms with E-state index in [0.29, 0.717) is 75.5 Å². The maximum atomic E-state index is 12.1. The summed E-state index contributed by atoms with van der Waals surface area (Å²) in [6, 6.07) is 20.5. The highest BCUT2D eigenvalue weighted by Crippen LogP contribution is 2.40. The molecule has 0 aliphatic heterocycles. The van der Waals surface area contributed by atoms with Crippen LogP contribution in [0.3, 0.4) is 0 Å². The van der Waals surface area contributed by atoms with E-state index in [-0.39, 0.29) is 18.8 Å². The molecule has 0 unspecified atom stereocenters. The molecule has 16 nitrogen and oxygen atoms in total. The van der Waals surface area contributed by atoms with Crippen LogP contribution in [-0.4, -0.2) is 79.5 Å². The molecular formula is C41H50N2O14. The molecule has 0 radical (unpaired) electrons. The Balaban J connectivity index is 0.000000335. The molecule has 0 aromatic heterocycles. The SMILES string of the molecule is CCOC(=O)CC(=O)Nc1ccc(OC)cc1Oc1cc(OC)ccc1OC.CCOC(=O)CC(C)=O.COc1ccc(N)c(Oc2ccc(OC)cc2OC)c1. The smallest absolute Gasteiger partial charge is 0.315 e. The molecule has 0 atom stereocenters. The van der Waals surface area contributed by atoms with Gasteiger partial charge in [0, 0.05) is 24.3 Å². The topological polar surface area (TPSA) is 199 Å². The van der Waals surface area contributed by atoms with Crippen LogP contribution in [0.25, 0.3) is 0 Å². The lowest BCUT2D eigenvalue weighted by atomic mass is 10.2. The number of hydrogen-bond acceptors (Lipinski definition) is 15. The van der Waals surface area contributed by atoms with Crippen LogP contribution in [0.4, 0.5) is 11.4 Å². The number of nitrogen functional groups attached to an aromatic ring is 1. The van der Waals surface area contributed by atoms with E-state index in [2.05, 4.69) is 10.1 Å². The number of carbonyl (C=O) groups is 4. The third-order valence-electron chi connectivity index (χ3n) is 7.17. The summed E-state index contributed by atoms with van der Waals surface area (Å²) in [5, 5.41) is 2.65. The molecule has 4 aromatic carbocycles. The maximum Gasteiger partial charge on any atom is 0.315 e.